The van der Waals surface area contributed by atoms with Crippen LogP contribution in [0, 0.1) is 0 Å². The number of carbonyl (C=O) groups is 1. The molecule has 1 unspecified atom stereocenters. The van der Waals surface area contributed by atoms with E-state index in [-0.39, 0.29) is 17.2 Å². The van der Waals surface area contributed by atoms with E-state index < -0.39 is 21.0 Å². The number of nitrogens with one attached hydrogen (secondary N) is 1. The van der Waals surface area contributed by atoms with Crippen LogP contribution in [0.15, 0.2) is 84.0 Å². The average Bonchev–Trinajstić information content (AvgIpc) is 2.70. The number of rotatable bonds is 6. The summed E-state index contributed by atoms with van der Waals surface area (Å²) >= 11 is 0. The normalized spacial score (nSPS) is 12.3. The third-order valence-electron chi connectivity index (χ3n) is 4.08. The SMILES string of the molecule is O=C(NCC(c1cccnc1)S(=O)(=O)c1ccccc1)c1ccc(O)cc1. The van der Waals surface area contributed by atoms with Crippen molar-refractivity contribution in [2.75, 3.05) is 6.54 Å². The smallest absolute Gasteiger partial charge is 0.251 e. The van der Waals surface area contributed by atoms with Crippen molar-refractivity contribution in [3.05, 3.63) is 90.3 Å². The molecule has 0 fully saturated rings. The lowest BCUT2D eigenvalue weighted by Gasteiger charge is -2.19. The molecule has 0 radical (unpaired) electrons. The van der Waals surface area contributed by atoms with Crippen molar-refractivity contribution in [3.8, 4) is 5.75 Å². The Morgan fingerprint density at radius 3 is 2.33 bits per heavy atom. The summed E-state index contributed by atoms with van der Waals surface area (Å²) < 4.78 is 26.2. The standard InChI is InChI=1S/C20H18N2O4S/c23-17-10-8-15(9-11-17)20(24)22-14-19(16-5-4-12-21-13-16)27(25,26)18-6-2-1-3-7-18/h1-13,19,23H,14H2,(H,22,24). The second kappa shape index (κ2) is 8.01. The molecular formula is C20H18N2O4S. The van der Waals surface area contributed by atoms with Crippen LogP contribution in [0.3, 0.4) is 0 Å². The number of aromatic nitrogens is 1. The second-order valence-corrected chi connectivity index (χ2v) is 8.02. The van der Waals surface area contributed by atoms with Gasteiger partial charge in [-0.25, -0.2) is 8.42 Å². The molecule has 3 aromatic rings. The number of phenols is 1. The van der Waals surface area contributed by atoms with Gasteiger partial charge in [0.25, 0.3) is 5.91 Å². The third-order valence-corrected chi connectivity index (χ3v) is 6.20. The summed E-state index contributed by atoms with van der Waals surface area (Å²) in [5.74, 6) is -0.376. The molecule has 7 heteroatoms. The van der Waals surface area contributed by atoms with Gasteiger partial charge in [0.05, 0.1) is 4.90 Å². The van der Waals surface area contributed by atoms with Gasteiger partial charge in [0.1, 0.15) is 11.0 Å². The number of hydrogen-bond acceptors (Lipinski definition) is 5. The summed E-state index contributed by atoms with van der Waals surface area (Å²) in [6.45, 7) is -0.109. The first-order valence-corrected chi connectivity index (χ1v) is 9.79. The van der Waals surface area contributed by atoms with E-state index in [1.807, 2.05) is 0 Å². The van der Waals surface area contributed by atoms with Crippen LogP contribution in [0.25, 0.3) is 0 Å². The van der Waals surface area contributed by atoms with E-state index in [1.54, 1.807) is 36.5 Å². The Hall–Kier alpha value is -3.19. The number of sulfone groups is 1. The monoisotopic (exact) mass is 382 g/mol. The van der Waals surface area contributed by atoms with Crippen LogP contribution in [-0.4, -0.2) is 31.0 Å². The van der Waals surface area contributed by atoms with Crippen LogP contribution in [0.2, 0.25) is 0 Å². The molecule has 1 atom stereocenters. The minimum atomic E-state index is -3.73. The molecule has 0 bridgehead atoms. The molecule has 0 aliphatic rings. The van der Waals surface area contributed by atoms with E-state index in [2.05, 4.69) is 10.3 Å². The van der Waals surface area contributed by atoms with E-state index in [4.69, 9.17) is 0 Å². The highest BCUT2D eigenvalue weighted by Crippen LogP contribution is 2.28. The van der Waals surface area contributed by atoms with Crippen molar-refractivity contribution >= 4 is 15.7 Å². The Morgan fingerprint density at radius 2 is 1.70 bits per heavy atom. The van der Waals surface area contributed by atoms with Gasteiger partial charge in [-0.3, -0.25) is 9.78 Å². The number of benzene rings is 2. The highest BCUT2D eigenvalue weighted by Gasteiger charge is 2.29. The zero-order chi connectivity index (χ0) is 19.3. The average molecular weight is 382 g/mol. The molecule has 6 nitrogen and oxygen atoms in total. The quantitative estimate of drug-likeness (QED) is 0.683. The number of carbonyl (C=O) groups excluding carboxylic acids is 1. The zero-order valence-corrected chi connectivity index (χ0v) is 15.1. The van der Waals surface area contributed by atoms with Crippen molar-refractivity contribution in [2.45, 2.75) is 10.1 Å². The Kier molecular flexibility index (Phi) is 5.52. The molecule has 1 heterocycles. The number of hydrogen-bond donors (Lipinski definition) is 2. The van der Waals surface area contributed by atoms with Crippen LogP contribution in [0.5, 0.6) is 5.75 Å². The summed E-state index contributed by atoms with van der Waals surface area (Å²) in [7, 11) is -3.73. The van der Waals surface area contributed by atoms with Crippen LogP contribution < -0.4 is 5.32 Å². The summed E-state index contributed by atoms with van der Waals surface area (Å²) in [4.78, 5) is 16.5. The van der Waals surface area contributed by atoms with Crippen LogP contribution in [0.1, 0.15) is 21.2 Å². The van der Waals surface area contributed by atoms with E-state index in [9.17, 15) is 18.3 Å². The Morgan fingerprint density at radius 1 is 1.00 bits per heavy atom. The van der Waals surface area contributed by atoms with Crippen molar-refractivity contribution in [1.29, 1.82) is 0 Å². The molecular weight excluding hydrogens is 364 g/mol. The second-order valence-electron chi connectivity index (χ2n) is 5.89. The Labute approximate surface area is 157 Å². The van der Waals surface area contributed by atoms with Crippen molar-refractivity contribution in [2.24, 2.45) is 0 Å². The first-order valence-electron chi connectivity index (χ1n) is 8.24. The molecule has 3 rings (SSSR count). The zero-order valence-electron chi connectivity index (χ0n) is 14.3. The summed E-state index contributed by atoms with van der Waals surface area (Å²) in [6.07, 6.45) is 3.04. The molecule has 2 aromatic carbocycles. The van der Waals surface area contributed by atoms with E-state index in [0.717, 1.165) is 0 Å². The minimum Gasteiger partial charge on any atom is -0.508 e. The fourth-order valence-corrected chi connectivity index (χ4v) is 4.31. The minimum absolute atomic E-state index is 0.0476. The third kappa shape index (κ3) is 4.32. The lowest BCUT2D eigenvalue weighted by atomic mass is 10.2. The van der Waals surface area contributed by atoms with Gasteiger partial charge in [0.2, 0.25) is 0 Å². The van der Waals surface area contributed by atoms with Gasteiger partial charge in [-0.1, -0.05) is 24.3 Å². The fourth-order valence-electron chi connectivity index (χ4n) is 2.65. The van der Waals surface area contributed by atoms with Gasteiger partial charge < -0.3 is 10.4 Å². The van der Waals surface area contributed by atoms with Crippen molar-refractivity contribution < 1.29 is 18.3 Å². The summed E-state index contributed by atoms with van der Waals surface area (Å²) in [6, 6.07) is 17.2. The van der Waals surface area contributed by atoms with E-state index in [1.165, 1.54) is 42.6 Å². The fraction of sp³-hybridized carbons (Fsp3) is 0.100. The van der Waals surface area contributed by atoms with Crippen LogP contribution >= 0.6 is 0 Å². The maximum atomic E-state index is 13.1. The largest absolute Gasteiger partial charge is 0.508 e. The molecule has 1 amide bonds. The predicted octanol–water partition coefficient (Wildman–Crippen LogP) is 2.73. The first-order chi connectivity index (χ1) is 13.0. The topological polar surface area (TPSA) is 96.4 Å². The molecule has 0 aliphatic heterocycles. The summed E-state index contributed by atoms with van der Waals surface area (Å²) in [5.41, 5.74) is 0.821. The van der Waals surface area contributed by atoms with Crippen molar-refractivity contribution in [1.82, 2.24) is 10.3 Å². The van der Waals surface area contributed by atoms with E-state index in [0.29, 0.717) is 11.1 Å². The summed E-state index contributed by atoms with van der Waals surface area (Å²) in [5, 5.41) is 11.0. The van der Waals surface area contributed by atoms with Gasteiger partial charge in [0.15, 0.2) is 9.84 Å². The molecule has 0 saturated carbocycles. The van der Waals surface area contributed by atoms with Gasteiger partial charge in [-0.2, -0.15) is 0 Å². The molecule has 0 aliphatic carbocycles. The number of phenolic OH excluding ortho intramolecular Hbond substituents is 1. The van der Waals surface area contributed by atoms with Gasteiger partial charge in [0, 0.05) is 24.5 Å². The molecule has 2 N–H and O–H groups in total. The lowest BCUT2D eigenvalue weighted by molar-refractivity contribution is 0.0953. The molecule has 138 valence electrons. The van der Waals surface area contributed by atoms with Crippen molar-refractivity contribution in [3.63, 3.8) is 0 Å². The maximum Gasteiger partial charge on any atom is 0.251 e. The number of aromatic hydroxyl groups is 1. The number of amides is 1. The van der Waals surface area contributed by atoms with Gasteiger partial charge >= 0.3 is 0 Å². The maximum absolute atomic E-state index is 13.1. The molecule has 0 saturated heterocycles. The van der Waals surface area contributed by atoms with Gasteiger partial charge in [-0.15, -0.1) is 0 Å². The molecule has 27 heavy (non-hydrogen) atoms. The van der Waals surface area contributed by atoms with Crippen LogP contribution in [0.4, 0.5) is 0 Å². The van der Waals surface area contributed by atoms with Crippen LogP contribution in [-0.2, 0) is 9.84 Å². The Balaban J connectivity index is 1.87. The molecule has 0 spiro atoms. The first kappa shape index (κ1) is 18.6. The molecule has 1 aromatic heterocycles. The highest BCUT2D eigenvalue weighted by atomic mass is 32.2. The van der Waals surface area contributed by atoms with E-state index >= 15 is 0 Å². The lowest BCUT2D eigenvalue weighted by Crippen LogP contribution is -2.32. The Bertz CT molecular complexity index is 1000. The number of nitrogens with zero attached hydrogens (tertiary/aromatic N) is 1. The predicted molar refractivity (Wildman–Crippen MR) is 101 cm³/mol. The van der Waals surface area contributed by atoms with Gasteiger partial charge in [-0.05, 0) is 48.0 Å². The highest BCUT2D eigenvalue weighted by molar-refractivity contribution is 7.91. The number of pyridine rings is 1.